The first-order valence-electron chi connectivity index (χ1n) is 9.27. The van der Waals surface area contributed by atoms with Crippen LogP contribution in [0.25, 0.3) is 4.85 Å². The summed E-state index contributed by atoms with van der Waals surface area (Å²) < 4.78 is 9.44. The van der Waals surface area contributed by atoms with E-state index in [0.29, 0.717) is 6.61 Å². The molecule has 0 spiro atoms. The van der Waals surface area contributed by atoms with Crippen LogP contribution in [0.5, 0.6) is 0 Å². The molecule has 9 nitrogen and oxygen atoms in total. The maximum absolute atomic E-state index is 10.2. The Morgan fingerprint density at radius 2 is 1.77 bits per heavy atom. The molecule has 0 amide bonds. The monoisotopic (exact) mass is 477 g/mol. The number of rotatable bonds is 3. The predicted octanol–water partition coefficient (Wildman–Crippen LogP) is 2.40. The molecule has 1 aromatic heterocycles. The number of hydrogen-bond acceptors (Lipinski definition) is 9. The molecular formula is C20H35N3O6S2. The van der Waals surface area contributed by atoms with Crippen molar-refractivity contribution in [2.75, 3.05) is 45.2 Å². The number of Topliss-reactive ketones (excluding diaryl/α,β-unsaturated/α-hetero) is 1. The Morgan fingerprint density at radius 3 is 1.97 bits per heavy atom. The van der Waals surface area contributed by atoms with Gasteiger partial charge in [0.2, 0.25) is 0 Å². The highest BCUT2D eigenvalue weighted by molar-refractivity contribution is 7.59. The Labute approximate surface area is 195 Å². The molecule has 1 fully saturated rings. The lowest BCUT2D eigenvalue weighted by Crippen LogP contribution is -2.30. The second kappa shape index (κ2) is 27.8. The lowest BCUT2D eigenvalue weighted by molar-refractivity contribution is -0.191. The standard InChI is InChI=1S/C7H11NS.C5H7NO2.C4H9NO.C3H6O.CO2.H2S/c1-3-6-5(2)4-9-7(6)8;1-3-8-5(7)4-6-2;1-3-6-4-2-5-1;1-3(2)4;2-1-3;/h4H,3,8H2,1-2H3;3-4H2,1H3;5H,1-4H2;1-2H3;;1H2. The fraction of sp³-hybridized carbons (Fsp3) is 0.600. The largest absolute Gasteiger partial charge is 0.460 e. The van der Waals surface area contributed by atoms with Crippen LogP contribution < -0.4 is 11.1 Å². The number of esters is 1. The van der Waals surface area contributed by atoms with Crippen molar-refractivity contribution in [3.63, 3.8) is 0 Å². The lowest BCUT2D eigenvalue weighted by Gasteiger charge is -2.10. The molecule has 178 valence electrons. The summed E-state index contributed by atoms with van der Waals surface area (Å²) in [5, 5.41) is 6.25. The van der Waals surface area contributed by atoms with E-state index in [0.717, 1.165) is 37.7 Å². The number of morpholine rings is 1. The van der Waals surface area contributed by atoms with Crippen molar-refractivity contribution in [2.24, 2.45) is 0 Å². The number of nitrogens with zero attached hydrogens (tertiary/aromatic N) is 1. The van der Waals surface area contributed by atoms with Crippen LogP contribution in [0, 0.1) is 13.5 Å². The van der Waals surface area contributed by atoms with Gasteiger partial charge in [0.1, 0.15) is 5.78 Å². The highest BCUT2D eigenvalue weighted by Crippen LogP contribution is 2.24. The number of carbonyl (C=O) groups excluding carboxylic acids is 4. The number of ether oxygens (including phenoxy) is 2. The van der Waals surface area contributed by atoms with E-state index in [1.807, 2.05) is 0 Å². The van der Waals surface area contributed by atoms with Crippen LogP contribution in [0.3, 0.4) is 0 Å². The molecule has 2 rings (SSSR count). The number of anilines is 1. The van der Waals surface area contributed by atoms with Gasteiger partial charge >= 0.3 is 18.7 Å². The van der Waals surface area contributed by atoms with Gasteiger partial charge in [-0.3, -0.25) is 0 Å². The van der Waals surface area contributed by atoms with Gasteiger partial charge in [-0.25, -0.2) is 11.4 Å². The summed E-state index contributed by atoms with van der Waals surface area (Å²) in [6, 6.07) is 0. The molecule has 11 heteroatoms. The molecule has 0 aliphatic carbocycles. The van der Waals surface area contributed by atoms with Crippen molar-refractivity contribution in [3.8, 4) is 0 Å². The van der Waals surface area contributed by atoms with Gasteiger partial charge in [0.25, 0.3) is 0 Å². The Bertz CT molecular complexity index is 615. The van der Waals surface area contributed by atoms with Crippen LogP contribution in [0.2, 0.25) is 0 Å². The molecule has 2 heterocycles. The highest BCUT2D eigenvalue weighted by atomic mass is 32.1. The van der Waals surface area contributed by atoms with Crippen molar-refractivity contribution in [2.45, 2.75) is 41.0 Å². The van der Waals surface area contributed by atoms with Crippen molar-refractivity contribution in [3.05, 3.63) is 27.9 Å². The summed E-state index contributed by atoms with van der Waals surface area (Å²) in [4.78, 5) is 38.7. The molecule has 1 aromatic rings. The highest BCUT2D eigenvalue weighted by Gasteiger charge is 2.01. The normalized spacial score (nSPS) is 10.6. The van der Waals surface area contributed by atoms with Crippen molar-refractivity contribution >= 4 is 47.7 Å². The van der Waals surface area contributed by atoms with Crippen LogP contribution in [0.1, 0.15) is 38.8 Å². The number of ketones is 1. The van der Waals surface area contributed by atoms with Crippen molar-refractivity contribution < 1.29 is 28.7 Å². The fourth-order valence-corrected chi connectivity index (χ4v) is 2.62. The first-order valence-corrected chi connectivity index (χ1v) is 10.2. The van der Waals surface area contributed by atoms with E-state index in [1.165, 1.54) is 25.0 Å². The van der Waals surface area contributed by atoms with Gasteiger partial charge < -0.3 is 30.2 Å². The Kier molecular flexibility index (Phi) is 32.4. The Morgan fingerprint density at radius 1 is 1.29 bits per heavy atom. The zero-order chi connectivity index (χ0) is 23.8. The summed E-state index contributed by atoms with van der Waals surface area (Å²) in [6.45, 7) is 19.3. The minimum atomic E-state index is -0.442. The Balaban J connectivity index is -0.000000153. The Hall–Kier alpha value is -2.22. The molecule has 3 N–H and O–H groups in total. The van der Waals surface area contributed by atoms with Crippen molar-refractivity contribution in [1.29, 1.82) is 0 Å². The third-order valence-corrected chi connectivity index (χ3v) is 3.82. The maximum atomic E-state index is 10.2. The number of carbonyl (C=O) groups is 2. The molecular weight excluding hydrogens is 442 g/mol. The molecule has 1 aliphatic rings. The van der Waals surface area contributed by atoms with Gasteiger partial charge in [0.15, 0.2) is 0 Å². The van der Waals surface area contributed by atoms with Crippen LogP contribution in [0.4, 0.5) is 5.00 Å². The smallest absolute Gasteiger partial charge is 0.387 e. The average Bonchev–Trinajstić information content (AvgIpc) is 3.02. The third-order valence-electron chi connectivity index (χ3n) is 2.85. The third kappa shape index (κ3) is 30.1. The molecule has 0 radical (unpaired) electrons. The number of nitrogens with two attached hydrogens (primary N) is 1. The summed E-state index contributed by atoms with van der Waals surface area (Å²) in [6.07, 6.45) is 1.31. The molecule has 0 saturated carbocycles. The fourth-order valence-electron chi connectivity index (χ4n) is 1.73. The van der Waals surface area contributed by atoms with Crippen molar-refractivity contribution in [1.82, 2.24) is 5.32 Å². The average molecular weight is 478 g/mol. The molecule has 1 aliphatic heterocycles. The van der Waals surface area contributed by atoms with Gasteiger partial charge in [-0.1, -0.05) is 6.92 Å². The van der Waals surface area contributed by atoms with E-state index in [1.54, 1.807) is 18.3 Å². The number of hydrogen-bond donors (Lipinski definition) is 2. The molecule has 31 heavy (non-hydrogen) atoms. The summed E-state index contributed by atoms with van der Waals surface area (Å²) >= 11 is 1.63. The van der Waals surface area contributed by atoms with E-state index < -0.39 is 5.97 Å². The summed E-state index contributed by atoms with van der Waals surface area (Å²) in [5.41, 5.74) is 8.32. The number of aryl methyl sites for hydroxylation is 1. The van der Waals surface area contributed by atoms with Crippen LogP contribution >= 0.6 is 24.8 Å². The zero-order valence-corrected chi connectivity index (χ0v) is 20.7. The summed E-state index contributed by atoms with van der Waals surface area (Å²) in [5.74, 6) is -0.275. The number of nitrogen functional groups attached to an aromatic ring is 1. The lowest BCUT2D eigenvalue weighted by atomic mass is 10.2. The second-order valence-corrected chi connectivity index (χ2v) is 6.50. The van der Waals surface area contributed by atoms with Gasteiger partial charge in [-0.05, 0) is 50.6 Å². The van der Waals surface area contributed by atoms with E-state index in [2.05, 4.69) is 34.1 Å². The quantitative estimate of drug-likeness (QED) is 0.501. The van der Waals surface area contributed by atoms with Gasteiger partial charge in [0, 0.05) is 13.1 Å². The predicted molar refractivity (Wildman–Crippen MR) is 126 cm³/mol. The first-order chi connectivity index (χ1) is 14.2. The van der Waals surface area contributed by atoms with E-state index in [-0.39, 0.29) is 32.0 Å². The van der Waals surface area contributed by atoms with E-state index in [4.69, 9.17) is 26.6 Å². The molecule has 0 unspecified atom stereocenters. The maximum Gasteiger partial charge on any atom is 0.387 e. The molecule has 0 atom stereocenters. The zero-order valence-electron chi connectivity index (χ0n) is 18.9. The number of thiophene rings is 1. The van der Waals surface area contributed by atoms with E-state index in [9.17, 15) is 9.59 Å². The van der Waals surface area contributed by atoms with Crippen LogP contribution in [-0.4, -0.2) is 57.4 Å². The van der Waals surface area contributed by atoms with Crippen LogP contribution in [0.15, 0.2) is 5.38 Å². The SMILES string of the molecule is C1COCCN1.CC(C)=O.CCc1c(C)csc1N.O=C=O.S.[C-]#[N+]CC(=O)OCC. The molecule has 1 saturated heterocycles. The summed E-state index contributed by atoms with van der Waals surface area (Å²) in [7, 11) is 0. The van der Waals surface area contributed by atoms with Gasteiger partial charge in [-0.2, -0.15) is 23.1 Å². The van der Waals surface area contributed by atoms with E-state index >= 15 is 0 Å². The molecule has 0 aromatic carbocycles. The van der Waals surface area contributed by atoms with Gasteiger partial charge in [-0.15, -0.1) is 11.3 Å². The van der Waals surface area contributed by atoms with Gasteiger partial charge in [0.05, 0.1) is 24.8 Å². The molecule has 0 bridgehead atoms. The topological polar surface area (TPSA) is 129 Å². The minimum absolute atomic E-state index is 0. The minimum Gasteiger partial charge on any atom is -0.460 e. The first kappa shape index (κ1) is 36.2. The van der Waals surface area contributed by atoms with Crippen LogP contribution in [-0.2, 0) is 35.1 Å². The second-order valence-electron chi connectivity index (χ2n) is 5.59. The number of nitrogens with one attached hydrogen (secondary N) is 1.